The summed E-state index contributed by atoms with van der Waals surface area (Å²) in [7, 11) is 0. The Hall–Kier alpha value is -2.82. The number of para-hydroxylation sites is 1. The van der Waals surface area contributed by atoms with E-state index in [1.807, 2.05) is 38.1 Å². The molecular weight excluding hydrogens is 342 g/mol. The lowest BCUT2D eigenvalue weighted by Gasteiger charge is -2.17. The summed E-state index contributed by atoms with van der Waals surface area (Å²) in [5.74, 6) is 0.112. The number of nitrogens with one attached hydrogen (secondary N) is 1. The number of esters is 1. The molecule has 0 aliphatic rings. The summed E-state index contributed by atoms with van der Waals surface area (Å²) in [6.07, 6.45) is 2.01. The molecule has 144 valence electrons. The van der Waals surface area contributed by atoms with E-state index in [9.17, 15) is 9.59 Å². The maximum absolute atomic E-state index is 12.4. The van der Waals surface area contributed by atoms with E-state index >= 15 is 0 Å². The van der Waals surface area contributed by atoms with Crippen LogP contribution in [0.1, 0.15) is 49.5 Å². The van der Waals surface area contributed by atoms with Crippen molar-refractivity contribution in [1.82, 2.24) is 0 Å². The van der Waals surface area contributed by atoms with Gasteiger partial charge in [0.1, 0.15) is 5.75 Å². The van der Waals surface area contributed by atoms with E-state index in [1.165, 1.54) is 0 Å². The number of amides is 1. The van der Waals surface area contributed by atoms with Crippen LogP contribution < -0.4 is 10.1 Å². The maximum atomic E-state index is 12.4. The fourth-order valence-electron chi connectivity index (χ4n) is 2.48. The van der Waals surface area contributed by atoms with Gasteiger partial charge in [-0.3, -0.25) is 4.79 Å². The molecule has 0 fully saturated rings. The van der Waals surface area contributed by atoms with E-state index in [1.54, 1.807) is 31.2 Å². The Morgan fingerprint density at radius 2 is 1.74 bits per heavy atom. The van der Waals surface area contributed by atoms with Gasteiger partial charge < -0.3 is 14.8 Å². The average Bonchev–Trinajstić information content (AvgIpc) is 2.69. The van der Waals surface area contributed by atoms with Crippen molar-refractivity contribution >= 4 is 17.6 Å². The van der Waals surface area contributed by atoms with E-state index in [0.29, 0.717) is 23.6 Å². The van der Waals surface area contributed by atoms with E-state index in [0.717, 1.165) is 24.8 Å². The summed E-state index contributed by atoms with van der Waals surface area (Å²) in [5, 5.41) is 2.80. The van der Waals surface area contributed by atoms with Crippen LogP contribution in [0.25, 0.3) is 0 Å². The van der Waals surface area contributed by atoms with Gasteiger partial charge in [0.15, 0.2) is 6.10 Å². The molecule has 0 aromatic heterocycles. The molecule has 0 saturated heterocycles. The molecule has 2 aromatic rings. The lowest BCUT2D eigenvalue weighted by atomic mass is 10.1. The molecule has 1 unspecified atom stereocenters. The Morgan fingerprint density at radius 1 is 1.04 bits per heavy atom. The molecule has 0 aliphatic heterocycles. The van der Waals surface area contributed by atoms with Crippen molar-refractivity contribution in [2.24, 2.45) is 0 Å². The van der Waals surface area contributed by atoms with E-state index in [-0.39, 0.29) is 11.9 Å². The third kappa shape index (κ3) is 6.13. The maximum Gasteiger partial charge on any atom is 0.338 e. The Balaban J connectivity index is 1.92. The first-order valence-corrected chi connectivity index (χ1v) is 9.37. The van der Waals surface area contributed by atoms with Crippen LogP contribution in [0.15, 0.2) is 48.5 Å². The molecule has 5 nitrogen and oxygen atoms in total. The number of carbonyl (C=O) groups is 2. The third-order valence-corrected chi connectivity index (χ3v) is 4.15. The number of unbranched alkanes of at least 4 members (excludes halogenated alkanes) is 1. The van der Waals surface area contributed by atoms with Crippen molar-refractivity contribution in [2.75, 3.05) is 11.9 Å². The largest absolute Gasteiger partial charge is 0.481 e. The second-order valence-corrected chi connectivity index (χ2v) is 6.28. The van der Waals surface area contributed by atoms with Crippen LogP contribution in [0, 0.1) is 0 Å². The Bertz CT molecular complexity index is 755. The highest BCUT2D eigenvalue weighted by Gasteiger charge is 2.16. The first-order valence-electron chi connectivity index (χ1n) is 9.37. The molecule has 0 spiro atoms. The topological polar surface area (TPSA) is 64.6 Å². The third-order valence-electron chi connectivity index (χ3n) is 4.15. The highest BCUT2D eigenvalue weighted by atomic mass is 16.5. The molecule has 2 rings (SSSR count). The van der Waals surface area contributed by atoms with Crippen LogP contribution in [-0.2, 0) is 16.0 Å². The van der Waals surface area contributed by atoms with Crippen LogP contribution in [0.5, 0.6) is 5.75 Å². The lowest BCUT2D eigenvalue weighted by molar-refractivity contribution is -0.122. The zero-order valence-corrected chi connectivity index (χ0v) is 16.2. The standard InChI is InChI=1S/C22H27NO4/c1-4-6-15-26-22(25)18-11-13-19(14-12-18)23-21(24)16(3)27-20-10-8-7-9-17(20)5-2/h7-14,16H,4-6,15H2,1-3H3,(H,23,24). The number of ether oxygens (including phenoxy) is 2. The summed E-state index contributed by atoms with van der Waals surface area (Å²) in [6, 6.07) is 14.3. The Labute approximate surface area is 160 Å². The zero-order valence-electron chi connectivity index (χ0n) is 16.2. The van der Waals surface area contributed by atoms with Crippen molar-refractivity contribution in [3.63, 3.8) is 0 Å². The van der Waals surface area contributed by atoms with Gasteiger partial charge >= 0.3 is 5.97 Å². The lowest BCUT2D eigenvalue weighted by Crippen LogP contribution is -2.30. The molecule has 0 radical (unpaired) electrons. The number of rotatable bonds is 9. The normalized spacial score (nSPS) is 11.5. The predicted molar refractivity (Wildman–Crippen MR) is 106 cm³/mol. The van der Waals surface area contributed by atoms with Crippen LogP contribution in [0.3, 0.4) is 0 Å². The minimum Gasteiger partial charge on any atom is -0.481 e. The van der Waals surface area contributed by atoms with Crippen molar-refractivity contribution in [3.8, 4) is 5.75 Å². The van der Waals surface area contributed by atoms with Gasteiger partial charge in [-0.25, -0.2) is 4.79 Å². The van der Waals surface area contributed by atoms with E-state index in [2.05, 4.69) is 5.32 Å². The van der Waals surface area contributed by atoms with Gasteiger partial charge in [-0.15, -0.1) is 0 Å². The monoisotopic (exact) mass is 369 g/mol. The summed E-state index contributed by atoms with van der Waals surface area (Å²) in [5.41, 5.74) is 2.12. The number of anilines is 1. The predicted octanol–water partition coefficient (Wildman–Crippen LogP) is 4.61. The zero-order chi connectivity index (χ0) is 19.6. The van der Waals surface area contributed by atoms with Gasteiger partial charge in [0.2, 0.25) is 0 Å². The number of hydrogen-bond donors (Lipinski definition) is 1. The van der Waals surface area contributed by atoms with Gasteiger partial charge in [0, 0.05) is 5.69 Å². The summed E-state index contributed by atoms with van der Waals surface area (Å²) in [4.78, 5) is 24.3. The molecule has 1 atom stereocenters. The van der Waals surface area contributed by atoms with Crippen LogP contribution in [-0.4, -0.2) is 24.6 Å². The van der Waals surface area contributed by atoms with Gasteiger partial charge in [-0.2, -0.15) is 0 Å². The second-order valence-electron chi connectivity index (χ2n) is 6.28. The molecule has 1 N–H and O–H groups in total. The molecule has 0 aliphatic carbocycles. The fraction of sp³-hybridized carbons (Fsp3) is 0.364. The molecule has 1 amide bonds. The molecule has 0 saturated carbocycles. The van der Waals surface area contributed by atoms with Gasteiger partial charge in [-0.1, -0.05) is 38.5 Å². The molecular formula is C22H27NO4. The molecule has 2 aromatic carbocycles. The molecule has 5 heteroatoms. The highest BCUT2D eigenvalue weighted by Crippen LogP contribution is 2.20. The summed E-state index contributed by atoms with van der Waals surface area (Å²) < 4.78 is 11.0. The van der Waals surface area contributed by atoms with Crippen molar-refractivity contribution in [2.45, 2.75) is 46.1 Å². The fourth-order valence-corrected chi connectivity index (χ4v) is 2.48. The van der Waals surface area contributed by atoms with E-state index in [4.69, 9.17) is 9.47 Å². The highest BCUT2D eigenvalue weighted by molar-refractivity contribution is 5.95. The number of hydrogen-bond acceptors (Lipinski definition) is 4. The van der Waals surface area contributed by atoms with E-state index < -0.39 is 6.10 Å². The molecule has 27 heavy (non-hydrogen) atoms. The first-order chi connectivity index (χ1) is 13.0. The smallest absolute Gasteiger partial charge is 0.338 e. The second kappa shape index (κ2) is 10.4. The Morgan fingerprint density at radius 3 is 2.41 bits per heavy atom. The molecule has 0 bridgehead atoms. The van der Waals surface area contributed by atoms with Crippen molar-refractivity contribution in [3.05, 3.63) is 59.7 Å². The van der Waals surface area contributed by atoms with Gasteiger partial charge in [0.25, 0.3) is 5.91 Å². The SMILES string of the molecule is CCCCOC(=O)c1ccc(NC(=O)C(C)Oc2ccccc2CC)cc1. The van der Waals surface area contributed by atoms with Crippen molar-refractivity contribution in [1.29, 1.82) is 0 Å². The summed E-state index contributed by atoms with van der Waals surface area (Å²) >= 11 is 0. The van der Waals surface area contributed by atoms with Crippen molar-refractivity contribution < 1.29 is 19.1 Å². The number of benzene rings is 2. The minimum atomic E-state index is -0.642. The quantitative estimate of drug-likeness (QED) is 0.518. The average molecular weight is 369 g/mol. The first kappa shape index (κ1) is 20.5. The van der Waals surface area contributed by atoms with Gasteiger partial charge in [-0.05, 0) is 55.7 Å². The van der Waals surface area contributed by atoms with Crippen LogP contribution >= 0.6 is 0 Å². The summed E-state index contributed by atoms with van der Waals surface area (Å²) in [6.45, 7) is 6.21. The van der Waals surface area contributed by atoms with Gasteiger partial charge in [0.05, 0.1) is 12.2 Å². The minimum absolute atomic E-state index is 0.251. The Kier molecular flexibility index (Phi) is 7.86. The van der Waals surface area contributed by atoms with Crippen LogP contribution in [0.2, 0.25) is 0 Å². The van der Waals surface area contributed by atoms with Crippen LogP contribution in [0.4, 0.5) is 5.69 Å². The number of aryl methyl sites for hydroxylation is 1. The molecule has 0 heterocycles. The number of carbonyl (C=O) groups excluding carboxylic acids is 2.